The van der Waals surface area contributed by atoms with Crippen LogP contribution in [0.2, 0.25) is 0 Å². The molecule has 0 atom stereocenters. The molecule has 1 aliphatic heterocycles. The first kappa shape index (κ1) is 17.9. The predicted molar refractivity (Wildman–Crippen MR) is 106 cm³/mol. The lowest BCUT2D eigenvalue weighted by molar-refractivity contribution is -0.00522. The maximum atomic E-state index is 6.03. The van der Waals surface area contributed by atoms with Crippen LogP contribution in [0, 0.1) is 6.92 Å². The monoisotopic (exact) mass is 362 g/mol. The number of likely N-dealkylation sites (tertiary alicyclic amines) is 1. The maximum Gasteiger partial charge on any atom is 0.0891 e. The van der Waals surface area contributed by atoms with Gasteiger partial charge in [0.1, 0.15) is 0 Å². The molecule has 0 aliphatic carbocycles. The van der Waals surface area contributed by atoms with Crippen LogP contribution < -0.4 is 0 Å². The summed E-state index contributed by atoms with van der Waals surface area (Å²) in [6, 6.07) is 14.4. The Labute approximate surface area is 160 Å². The quantitative estimate of drug-likeness (QED) is 0.670. The second-order valence-electron chi connectivity index (χ2n) is 7.24. The zero-order valence-electron chi connectivity index (χ0n) is 15.8. The minimum absolute atomic E-state index is 0.332. The van der Waals surface area contributed by atoms with Crippen molar-refractivity contribution in [1.29, 1.82) is 0 Å². The van der Waals surface area contributed by atoms with E-state index in [4.69, 9.17) is 4.74 Å². The Balaban J connectivity index is 1.25. The number of ether oxygens (including phenoxy) is 1. The Kier molecular flexibility index (Phi) is 5.61. The molecule has 0 N–H and O–H groups in total. The minimum atomic E-state index is 0.332. The predicted octanol–water partition coefficient (Wildman–Crippen LogP) is 3.76. The molecule has 0 radical (unpaired) electrons. The molecule has 5 heteroatoms. The molecular formula is C22H26N4O. The van der Waals surface area contributed by atoms with Crippen LogP contribution in [-0.2, 0) is 17.9 Å². The smallest absolute Gasteiger partial charge is 0.0891 e. The molecule has 1 saturated heterocycles. The average molecular weight is 362 g/mol. The first-order chi connectivity index (χ1) is 13.3. The van der Waals surface area contributed by atoms with Crippen molar-refractivity contribution in [2.75, 3.05) is 13.1 Å². The maximum absolute atomic E-state index is 6.03. The topological polar surface area (TPSA) is 43.2 Å². The van der Waals surface area contributed by atoms with Crippen LogP contribution >= 0.6 is 0 Å². The Bertz CT molecular complexity index is 836. The Morgan fingerprint density at radius 3 is 2.63 bits per heavy atom. The van der Waals surface area contributed by atoms with Crippen molar-refractivity contribution in [1.82, 2.24) is 19.7 Å². The lowest BCUT2D eigenvalue weighted by atomic mass is 10.1. The number of pyridine rings is 1. The molecule has 0 bridgehead atoms. The summed E-state index contributed by atoms with van der Waals surface area (Å²) >= 11 is 0. The fourth-order valence-corrected chi connectivity index (χ4v) is 3.46. The number of piperidine rings is 1. The largest absolute Gasteiger partial charge is 0.372 e. The minimum Gasteiger partial charge on any atom is -0.372 e. The molecule has 3 aromatic rings. The van der Waals surface area contributed by atoms with E-state index in [9.17, 15) is 0 Å². The number of nitrogens with zero attached hydrogens (tertiary/aromatic N) is 4. The zero-order valence-corrected chi connectivity index (χ0v) is 15.8. The number of aromatic nitrogens is 3. The van der Waals surface area contributed by atoms with E-state index >= 15 is 0 Å². The van der Waals surface area contributed by atoms with Crippen molar-refractivity contribution < 1.29 is 4.74 Å². The molecule has 2 aromatic heterocycles. The van der Waals surface area contributed by atoms with Crippen LogP contribution in [0.3, 0.4) is 0 Å². The number of hydrogen-bond donors (Lipinski definition) is 0. The van der Waals surface area contributed by atoms with Crippen LogP contribution in [0.5, 0.6) is 0 Å². The Hall–Kier alpha value is -2.50. The zero-order chi connectivity index (χ0) is 18.5. The highest BCUT2D eigenvalue weighted by Gasteiger charge is 2.20. The average Bonchev–Trinajstić information content (AvgIpc) is 3.17. The van der Waals surface area contributed by atoms with Gasteiger partial charge in [-0.1, -0.05) is 23.8 Å². The van der Waals surface area contributed by atoms with E-state index in [2.05, 4.69) is 52.4 Å². The van der Waals surface area contributed by atoms with Gasteiger partial charge in [-0.3, -0.25) is 9.88 Å². The third-order valence-electron chi connectivity index (χ3n) is 5.07. The van der Waals surface area contributed by atoms with Crippen LogP contribution in [-0.4, -0.2) is 38.9 Å². The molecule has 140 valence electrons. The summed E-state index contributed by atoms with van der Waals surface area (Å²) in [4.78, 5) is 6.80. The highest BCUT2D eigenvalue weighted by atomic mass is 16.5. The molecule has 1 fully saturated rings. The van der Waals surface area contributed by atoms with Crippen molar-refractivity contribution in [3.05, 3.63) is 77.9 Å². The molecule has 1 aliphatic rings. The van der Waals surface area contributed by atoms with Crippen LogP contribution in [0.25, 0.3) is 5.69 Å². The third kappa shape index (κ3) is 4.81. The summed E-state index contributed by atoms with van der Waals surface area (Å²) in [5, 5.41) is 4.52. The van der Waals surface area contributed by atoms with E-state index in [-0.39, 0.29) is 0 Å². The van der Waals surface area contributed by atoms with Gasteiger partial charge in [-0.25, -0.2) is 4.68 Å². The van der Waals surface area contributed by atoms with Crippen molar-refractivity contribution in [2.24, 2.45) is 0 Å². The molecule has 0 amide bonds. The van der Waals surface area contributed by atoms with E-state index in [1.165, 1.54) is 11.1 Å². The molecule has 0 unspecified atom stereocenters. The summed E-state index contributed by atoms with van der Waals surface area (Å²) in [6.07, 6.45) is 8.40. The fourth-order valence-electron chi connectivity index (χ4n) is 3.46. The third-order valence-corrected chi connectivity index (χ3v) is 5.07. The van der Waals surface area contributed by atoms with E-state index in [1.807, 2.05) is 35.3 Å². The van der Waals surface area contributed by atoms with Crippen LogP contribution in [0.1, 0.15) is 29.7 Å². The second-order valence-corrected chi connectivity index (χ2v) is 7.24. The Morgan fingerprint density at radius 2 is 1.89 bits per heavy atom. The van der Waals surface area contributed by atoms with Crippen LogP contribution in [0.4, 0.5) is 0 Å². The lowest BCUT2D eigenvalue weighted by Crippen LogP contribution is -2.36. The van der Waals surface area contributed by atoms with Gasteiger partial charge >= 0.3 is 0 Å². The standard InChI is InChI=1S/C22H26N4O/c1-18-5-7-21(8-6-18)26-16-19(14-24-26)15-25-12-9-22(10-13-25)27-17-20-4-2-3-11-23-20/h2-8,11,14,16,22H,9-10,12-13,15,17H2,1H3. The SMILES string of the molecule is Cc1ccc(-n2cc(CN3CCC(OCc4ccccn4)CC3)cn2)cc1. The van der Waals surface area contributed by atoms with E-state index in [1.54, 1.807) is 0 Å². The van der Waals surface area contributed by atoms with Gasteiger partial charge < -0.3 is 4.74 Å². The number of benzene rings is 1. The van der Waals surface area contributed by atoms with Gasteiger partial charge in [-0.15, -0.1) is 0 Å². The second kappa shape index (κ2) is 8.46. The van der Waals surface area contributed by atoms with E-state index < -0.39 is 0 Å². The van der Waals surface area contributed by atoms with Crippen molar-refractivity contribution in [2.45, 2.75) is 39.0 Å². The molecule has 0 saturated carbocycles. The van der Waals surface area contributed by atoms with Gasteiger partial charge in [0, 0.05) is 37.6 Å². The normalized spacial score (nSPS) is 15.9. The van der Waals surface area contributed by atoms with Gasteiger partial charge in [-0.2, -0.15) is 5.10 Å². The van der Waals surface area contributed by atoms with Gasteiger partial charge in [0.25, 0.3) is 0 Å². The van der Waals surface area contributed by atoms with Gasteiger partial charge in [0.05, 0.1) is 30.3 Å². The molecule has 0 spiro atoms. The van der Waals surface area contributed by atoms with Crippen LogP contribution in [0.15, 0.2) is 61.1 Å². The van der Waals surface area contributed by atoms with Gasteiger partial charge in [0.2, 0.25) is 0 Å². The molecular weight excluding hydrogens is 336 g/mol. The number of hydrogen-bond acceptors (Lipinski definition) is 4. The van der Waals surface area contributed by atoms with Crippen molar-refractivity contribution >= 4 is 0 Å². The summed E-state index contributed by atoms with van der Waals surface area (Å²) in [7, 11) is 0. The highest BCUT2D eigenvalue weighted by Crippen LogP contribution is 2.18. The molecule has 5 nitrogen and oxygen atoms in total. The first-order valence-corrected chi connectivity index (χ1v) is 9.61. The summed E-state index contributed by atoms with van der Waals surface area (Å²) in [5.41, 5.74) is 4.62. The molecule has 1 aromatic carbocycles. The summed E-state index contributed by atoms with van der Waals surface area (Å²) in [5.74, 6) is 0. The summed E-state index contributed by atoms with van der Waals surface area (Å²) < 4.78 is 7.99. The molecule has 3 heterocycles. The first-order valence-electron chi connectivity index (χ1n) is 9.61. The Morgan fingerprint density at radius 1 is 1.07 bits per heavy atom. The van der Waals surface area contributed by atoms with Crippen molar-refractivity contribution in [3.63, 3.8) is 0 Å². The van der Waals surface area contributed by atoms with Gasteiger partial charge in [-0.05, 0) is 44.0 Å². The van der Waals surface area contributed by atoms with E-state index in [0.29, 0.717) is 12.7 Å². The number of aryl methyl sites for hydroxylation is 1. The fraction of sp³-hybridized carbons (Fsp3) is 0.364. The molecule has 27 heavy (non-hydrogen) atoms. The molecule has 4 rings (SSSR count). The highest BCUT2D eigenvalue weighted by molar-refractivity contribution is 5.34. The van der Waals surface area contributed by atoms with E-state index in [0.717, 1.165) is 43.9 Å². The van der Waals surface area contributed by atoms with Gasteiger partial charge in [0.15, 0.2) is 0 Å². The number of rotatable bonds is 6. The van der Waals surface area contributed by atoms with Crippen molar-refractivity contribution in [3.8, 4) is 5.69 Å². The summed E-state index contributed by atoms with van der Waals surface area (Å²) in [6.45, 7) is 5.76. The lowest BCUT2D eigenvalue weighted by Gasteiger charge is -2.31.